The molecule has 0 saturated heterocycles. The highest BCUT2D eigenvalue weighted by Gasteiger charge is 2.02. The maximum absolute atomic E-state index is 4.22. The van der Waals surface area contributed by atoms with E-state index in [4.69, 9.17) is 0 Å². The molecule has 11 heavy (non-hydrogen) atoms. The third-order valence-corrected chi connectivity index (χ3v) is 2.65. The van der Waals surface area contributed by atoms with Gasteiger partial charge in [0.15, 0.2) is 3.83 Å². The van der Waals surface area contributed by atoms with Crippen molar-refractivity contribution in [3.05, 3.63) is 19.8 Å². The highest BCUT2D eigenvalue weighted by atomic mass is 127. The van der Waals surface area contributed by atoms with Crippen molar-refractivity contribution in [1.82, 2.24) is 15.0 Å². The van der Waals surface area contributed by atoms with Crippen LogP contribution in [0, 0.1) is 7.53 Å². The molecular weight excluding hydrogens is 368 g/mol. The zero-order chi connectivity index (χ0) is 7.84. The molecule has 2 heterocycles. The lowest BCUT2D eigenvalue weighted by atomic mass is 10.4. The summed E-state index contributed by atoms with van der Waals surface area (Å²) in [5.41, 5.74) is 0.911. The van der Waals surface area contributed by atoms with Crippen LogP contribution in [0.15, 0.2) is 12.3 Å². The van der Waals surface area contributed by atoms with Gasteiger partial charge in [0, 0.05) is 28.8 Å². The molecule has 0 spiro atoms. The van der Waals surface area contributed by atoms with Crippen LogP contribution in [-0.4, -0.2) is 15.0 Å². The summed E-state index contributed by atoms with van der Waals surface area (Å²) in [5, 5.41) is 1.09. The SMILES string of the molecule is Ic1nc(I)c2cc[nH]c2n1. The molecule has 0 amide bonds. The van der Waals surface area contributed by atoms with Crippen molar-refractivity contribution in [1.29, 1.82) is 0 Å². The molecule has 0 radical (unpaired) electrons. The molecule has 2 aromatic heterocycles. The Labute approximate surface area is 90.3 Å². The molecule has 0 fully saturated rings. The number of hydrogen-bond acceptors (Lipinski definition) is 2. The molecule has 0 aliphatic heterocycles. The number of nitrogens with zero attached hydrogens (tertiary/aromatic N) is 2. The molecule has 3 nitrogen and oxygen atoms in total. The van der Waals surface area contributed by atoms with Gasteiger partial charge in [0.25, 0.3) is 0 Å². The van der Waals surface area contributed by atoms with Crippen molar-refractivity contribution >= 4 is 56.2 Å². The summed E-state index contributed by atoms with van der Waals surface area (Å²) >= 11 is 4.31. The molecule has 1 N–H and O–H groups in total. The number of hydrogen-bond donors (Lipinski definition) is 1. The molecule has 0 aliphatic rings. The van der Waals surface area contributed by atoms with Crippen molar-refractivity contribution < 1.29 is 0 Å². The van der Waals surface area contributed by atoms with E-state index in [0.29, 0.717) is 0 Å². The van der Waals surface area contributed by atoms with E-state index in [1.54, 1.807) is 0 Å². The van der Waals surface area contributed by atoms with E-state index >= 15 is 0 Å². The average Bonchev–Trinajstić information content (AvgIpc) is 2.34. The molecule has 2 rings (SSSR count). The van der Waals surface area contributed by atoms with E-state index in [0.717, 1.165) is 18.6 Å². The van der Waals surface area contributed by atoms with Gasteiger partial charge < -0.3 is 4.98 Å². The summed E-state index contributed by atoms with van der Waals surface area (Å²) in [6.45, 7) is 0. The van der Waals surface area contributed by atoms with Crippen molar-refractivity contribution in [2.24, 2.45) is 0 Å². The predicted octanol–water partition coefficient (Wildman–Crippen LogP) is 2.17. The number of rotatable bonds is 0. The molecule has 5 heteroatoms. The molecule has 0 aromatic carbocycles. The van der Waals surface area contributed by atoms with Gasteiger partial charge in [0.1, 0.15) is 9.35 Å². The first-order valence-electron chi connectivity index (χ1n) is 2.93. The van der Waals surface area contributed by atoms with Gasteiger partial charge in [-0.1, -0.05) is 0 Å². The van der Waals surface area contributed by atoms with Gasteiger partial charge in [-0.05, 0) is 28.7 Å². The summed E-state index contributed by atoms with van der Waals surface area (Å²) < 4.78 is 1.78. The lowest BCUT2D eigenvalue weighted by Gasteiger charge is -1.92. The molecule has 0 atom stereocenters. The smallest absolute Gasteiger partial charge is 0.193 e. The Hall–Kier alpha value is 0.0800. The minimum atomic E-state index is 0.780. The van der Waals surface area contributed by atoms with Crippen LogP contribution >= 0.6 is 45.2 Å². The lowest BCUT2D eigenvalue weighted by Crippen LogP contribution is -1.90. The van der Waals surface area contributed by atoms with Gasteiger partial charge in [-0.3, -0.25) is 0 Å². The summed E-state index contributed by atoms with van der Waals surface area (Å²) in [7, 11) is 0. The first kappa shape index (κ1) is 7.71. The van der Waals surface area contributed by atoms with Crippen LogP contribution in [-0.2, 0) is 0 Å². The van der Waals surface area contributed by atoms with Gasteiger partial charge in [-0.2, -0.15) is 0 Å². The largest absolute Gasteiger partial charge is 0.346 e. The Kier molecular flexibility index (Phi) is 2.00. The van der Waals surface area contributed by atoms with Gasteiger partial charge in [-0.25, -0.2) is 9.97 Å². The summed E-state index contributed by atoms with van der Waals surface area (Å²) in [6.07, 6.45) is 1.87. The maximum atomic E-state index is 4.22. The topological polar surface area (TPSA) is 41.6 Å². The molecule has 0 bridgehead atoms. The first-order chi connectivity index (χ1) is 5.27. The first-order valence-corrected chi connectivity index (χ1v) is 5.09. The van der Waals surface area contributed by atoms with E-state index in [-0.39, 0.29) is 0 Å². The average molecular weight is 371 g/mol. The van der Waals surface area contributed by atoms with Gasteiger partial charge in [0.2, 0.25) is 0 Å². The van der Waals surface area contributed by atoms with E-state index in [9.17, 15) is 0 Å². The van der Waals surface area contributed by atoms with Crippen molar-refractivity contribution in [2.75, 3.05) is 0 Å². The van der Waals surface area contributed by atoms with Crippen molar-refractivity contribution in [3.8, 4) is 0 Å². The molecule has 2 aromatic rings. The van der Waals surface area contributed by atoms with Crippen LogP contribution in [0.2, 0.25) is 0 Å². The van der Waals surface area contributed by atoms with Crippen molar-refractivity contribution in [2.45, 2.75) is 0 Å². The Morgan fingerprint density at radius 3 is 2.91 bits per heavy atom. The zero-order valence-electron chi connectivity index (χ0n) is 5.31. The standard InChI is InChI=1S/C6H3I2N3/c7-4-3-1-2-9-5(3)11-6(8)10-4/h1-2H,(H,9,10,11). The lowest BCUT2D eigenvalue weighted by molar-refractivity contribution is 1.11. The third kappa shape index (κ3) is 1.35. The van der Waals surface area contributed by atoms with Crippen LogP contribution in [0.5, 0.6) is 0 Å². The third-order valence-electron chi connectivity index (χ3n) is 1.34. The Bertz CT molecular complexity index is 396. The minimum absolute atomic E-state index is 0.780. The fourth-order valence-electron chi connectivity index (χ4n) is 0.878. The Balaban J connectivity index is 2.91. The van der Waals surface area contributed by atoms with Crippen molar-refractivity contribution in [3.63, 3.8) is 0 Å². The molecule has 56 valence electrons. The number of H-pyrrole nitrogens is 1. The highest BCUT2D eigenvalue weighted by molar-refractivity contribution is 14.1. The van der Waals surface area contributed by atoms with Gasteiger partial charge in [-0.15, -0.1) is 0 Å². The van der Waals surface area contributed by atoms with E-state index < -0.39 is 0 Å². The van der Waals surface area contributed by atoms with E-state index in [1.165, 1.54) is 0 Å². The number of aromatic nitrogens is 3. The second-order valence-electron chi connectivity index (χ2n) is 2.02. The fourth-order valence-corrected chi connectivity index (χ4v) is 2.49. The molecule has 0 aliphatic carbocycles. The Morgan fingerprint density at radius 1 is 1.27 bits per heavy atom. The number of aromatic amines is 1. The summed E-state index contributed by atoms with van der Waals surface area (Å²) in [4.78, 5) is 11.5. The second kappa shape index (κ2) is 2.85. The molecular formula is C6H3I2N3. The minimum Gasteiger partial charge on any atom is -0.346 e. The predicted molar refractivity (Wildman–Crippen MR) is 59.3 cm³/mol. The van der Waals surface area contributed by atoms with Gasteiger partial charge in [0.05, 0.1) is 5.39 Å². The van der Waals surface area contributed by atoms with Crippen LogP contribution in [0.3, 0.4) is 0 Å². The summed E-state index contributed by atoms with van der Waals surface area (Å²) in [6, 6.07) is 1.98. The van der Waals surface area contributed by atoms with Crippen LogP contribution in [0.1, 0.15) is 0 Å². The van der Waals surface area contributed by atoms with E-state index in [2.05, 4.69) is 60.1 Å². The second-order valence-corrected chi connectivity index (χ2v) is 4.01. The quantitative estimate of drug-likeness (QED) is 0.438. The van der Waals surface area contributed by atoms with Crippen LogP contribution in [0.4, 0.5) is 0 Å². The highest BCUT2D eigenvalue weighted by Crippen LogP contribution is 2.16. The number of fused-ring (bicyclic) bond motifs is 1. The van der Waals surface area contributed by atoms with E-state index in [1.807, 2.05) is 12.3 Å². The van der Waals surface area contributed by atoms with Gasteiger partial charge >= 0.3 is 0 Å². The Morgan fingerprint density at radius 2 is 2.09 bits per heavy atom. The fraction of sp³-hybridized carbons (Fsp3) is 0. The van der Waals surface area contributed by atoms with Crippen LogP contribution in [0.25, 0.3) is 11.0 Å². The molecule has 0 saturated carbocycles. The zero-order valence-corrected chi connectivity index (χ0v) is 9.62. The monoisotopic (exact) mass is 371 g/mol. The maximum Gasteiger partial charge on any atom is 0.193 e. The number of nitrogens with one attached hydrogen (secondary N) is 1. The molecule has 0 unspecified atom stereocenters. The summed E-state index contributed by atoms with van der Waals surface area (Å²) in [5.74, 6) is 0. The van der Waals surface area contributed by atoms with Crippen LogP contribution < -0.4 is 0 Å². The normalized spacial score (nSPS) is 10.7. The number of halogens is 2.